The van der Waals surface area contributed by atoms with E-state index < -0.39 is 0 Å². The zero-order valence-electron chi connectivity index (χ0n) is 14.5. The van der Waals surface area contributed by atoms with Gasteiger partial charge in [0.05, 0.1) is 16.0 Å². The molecule has 0 amide bonds. The maximum absolute atomic E-state index is 12.9. The topological polar surface area (TPSA) is 80.9 Å². The van der Waals surface area contributed by atoms with Crippen LogP contribution in [0.4, 0.5) is 5.82 Å². The third kappa shape index (κ3) is 3.16. The normalized spacial score (nSPS) is 15.5. The van der Waals surface area contributed by atoms with Crippen molar-refractivity contribution in [3.63, 3.8) is 0 Å². The number of fused-ring (bicyclic) bond motifs is 1. The largest absolute Gasteiger partial charge is 0.442 e. The summed E-state index contributed by atoms with van der Waals surface area (Å²) >= 11 is 1.63. The highest BCUT2D eigenvalue weighted by molar-refractivity contribution is 7.11. The molecule has 3 aromatic heterocycles. The van der Waals surface area contributed by atoms with Gasteiger partial charge in [-0.3, -0.25) is 4.79 Å². The summed E-state index contributed by atoms with van der Waals surface area (Å²) in [6, 6.07) is 0. The van der Waals surface area contributed by atoms with Gasteiger partial charge in [0, 0.05) is 29.5 Å². The van der Waals surface area contributed by atoms with Crippen LogP contribution in [-0.4, -0.2) is 26.3 Å². The van der Waals surface area contributed by atoms with Crippen molar-refractivity contribution < 1.29 is 9.21 Å². The summed E-state index contributed by atoms with van der Waals surface area (Å²) in [5.74, 6) is 1.33. The maximum Gasteiger partial charge on any atom is 0.232 e. The van der Waals surface area contributed by atoms with Crippen LogP contribution in [0.1, 0.15) is 52.2 Å². The summed E-state index contributed by atoms with van der Waals surface area (Å²) < 4.78 is 5.73. The van der Waals surface area contributed by atoms with Crippen molar-refractivity contribution in [2.24, 2.45) is 0 Å². The van der Waals surface area contributed by atoms with Crippen molar-refractivity contribution in [1.82, 2.24) is 15.0 Å². The first-order valence-electron chi connectivity index (χ1n) is 8.42. The van der Waals surface area contributed by atoms with E-state index in [4.69, 9.17) is 4.42 Å². The maximum atomic E-state index is 12.9. The van der Waals surface area contributed by atoms with E-state index in [-0.39, 0.29) is 11.3 Å². The molecule has 1 N–H and O–H groups in total. The number of anilines is 1. The van der Waals surface area contributed by atoms with Crippen molar-refractivity contribution >= 4 is 34.0 Å². The van der Waals surface area contributed by atoms with Crippen LogP contribution in [0.2, 0.25) is 0 Å². The Morgan fingerprint density at radius 3 is 2.80 bits per heavy atom. The quantitative estimate of drug-likeness (QED) is 0.670. The molecule has 0 radical (unpaired) electrons. The molecule has 0 aliphatic heterocycles. The van der Waals surface area contributed by atoms with Crippen LogP contribution in [0.3, 0.4) is 0 Å². The monoisotopic (exact) mass is 356 g/mol. The van der Waals surface area contributed by atoms with Crippen molar-refractivity contribution in [1.29, 1.82) is 0 Å². The van der Waals surface area contributed by atoms with Crippen LogP contribution in [0.15, 0.2) is 16.9 Å². The van der Waals surface area contributed by atoms with E-state index in [1.54, 1.807) is 11.3 Å². The van der Waals surface area contributed by atoms with E-state index >= 15 is 0 Å². The first kappa shape index (κ1) is 16.2. The minimum Gasteiger partial charge on any atom is -0.442 e. The fourth-order valence-electron chi connectivity index (χ4n) is 2.94. The molecule has 1 aliphatic rings. The number of rotatable bonds is 6. The molecule has 1 aliphatic carbocycles. The number of aryl methyl sites for hydroxylation is 3. The van der Waals surface area contributed by atoms with Crippen LogP contribution in [0.5, 0.6) is 0 Å². The van der Waals surface area contributed by atoms with Crippen LogP contribution in [0, 0.1) is 13.8 Å². The van der Waals surface area contributed by atoms with Gasteiger partial charge in [-0.1, -0.05) is 0 Å². The molecule has 0 atom stereocenters. The summed E-state index contributed by atoms with van der Waals surface area (Å²) in [4.78, 5) is 26.9. The van der Waals surface area contributed by atoms with Crippen molar-refractivity contribution in [2.45, 2.75) is 52.0 Å². The predicted molar refractivity (Wildman–Crippen MR) is 97.3 cm³/mol. The smallest absolute Gasteiger partial charge is 0.232 e. The first-order valence-corrected chi connectivity index (χ1v) is 9.24. The molecule has 25 heavy (non-hydrogen) atoms. The molecule has 0 saturated heterocycles. The number of aromatic nitrogens is 3. The molecule has 7 heteroatoms. The van der Waals surface area contributed by atoms with E-state index in [0.717, 1.165) is 22.7 Å². The third-order valence-corrected chi connectivity index (χ3v) is 5.57. The summed E-state index contributed by atoms with van der Waals surface area (Å²) in [6.07, 6.45) is 6.55. The summed E-state index contributed by atoms with van der Waals surface area (Å²) in [5, 5.41) is 5.13. The highest BCUT2D eigenvalue weighted by Crippen LogP contribution is 2.40. The van der Waals surface area contributed by atoms with Gasteiger partial charge in [-0.15, -0.1) is 11.3 Å². The third-order valence-electron chi connectivity index (χ3n) is 4.60. The number of Topliss-reactive ketones (excluding diaryl/α,β-unsaturated/α-hetero) is 1. The number of nitrogens with zero attached hydrogens (tertiary/aromatic N) is 3. The first-order chi connectivity index (χ1) is 12.0. The molecule has 0 spiro atoms. The average molecular weight is 356 g/mol. The molecule has 3 heterocycles. The van der Waals surface area contributed by atoms with Gasteiger partial charge in [-0.05, 0) is 33.6 Å². The zero-order chi connectivity index (χ0) is 17.6. The zero-order valence-corrected chi connectivity index (χ0v) is 15.4. The molecular formula is C18H20N4O2S. The Bertz CT molecular complexity index is 955. The Hall–Kier alpha value is -2.28. The van der Waals surface area contributed by atoms with Crippen molar-refractivity contribution in [2.75, 3.05) is 5.32 Å². The Balaban J connectivity index is 1.65. The fourth-order valence-corrected chi connectivity index (χ4v) is 3.72. The number of nitrogens with one attached hydrogen (secondary N) is 1. The molecular weight excluding hydrogens is 336 g/mol. The summed E-state index contributed by atoms with van der Waals surface area (Å²) in [5.41, 5.74) is 1.12. The lowest BCUT2D eigenvalue weighted by Gasteiger charge is -2.12. The highest BCUT2D eigenvalue weighted by Gasteiger charge is 2.38. The molecule has 130 valence electrons. The fraction of sp³-hybridized carbons (Fsp3) is 0.444. The van der Waals surface area contributed by atoms with Gasteiger partial charge in [0.15, 0.2) is 5.78 Å². The van der Waals surface area contributed by atoms with Crippen LogP contribution in [0.25, 0.3) is 11.1 Å². The number of thiazole rings is 1. The average Bonchev–Trinajstić information content (AvgIpc) is 2.99. The number of hydrogen-bond acceptors (Lipinski definition) is 7. The van der Waals surface area contributed by atoms with E-state index in [0.29, 0.717) is 41.1 Å². The van der Waals surface area contributed by atoms with Gasteiger partial charge in [-0.25, -0.2) is 15.0 Å². The number of carbonyl (C=O) groups is 1. The molecule has 0 unspecified atom stereocenters. The summed E-state index contributed by atoms with van der Waals surface area (Å²) in [7, 11) is 0. The van der Waals surface area contributed by atoms with E-state index in [1.165, 1.54) is 6.33 Å². The number of hydrogen-bond donors (Lipinski definition) is 1. The highest BCUT2D eigenvalue weighted by atomic mass is 32.1. The Morgan fingerprint density at radius 2 is 2.12 bits per heavy atom. The number of furan rings is 1. The predicted octanol–water partition coefficient (Wildman–Crippen LogP) is 4.08. The molecule has 1 saturated carbocycles. The molecule has 0 bridgehead atoms. The lowest BCUT2D eigenvalue weighted by molar-refractivity contribution is 0.0982. The minimum atomic E-state index is 0.0444. The Kier molecular flexibility index (Phi) is 3.83. The van der Waals surface area contributed by atoms with E-state index in [9.17, 15) is 4.79 Å². The molecule has 3 aromatic rings. The Morgan fingerprint density at radius 1 is 1.32 bits per heavy atom. The Labute approximate surface area is 149 Å². The second-order valence-corrected chi connectivity index (χ2v) is 8.23. The van der Waals surface area contributed by atoms with Gasteiger partial charge >= 0.3 is 0 Å². The molecule has 1 fully saturated rings. The second-order valence-electron chi connectivity index (χ2n) is 6.91. The molecule has 0 aromatic carbocycles. The van der Waals surface area contributed by atoms with Gasteiger partial charge < -0.3 is 9.73 Å². The van der Waals surface area contributed by atoms with Crippen LogP contribution >= 0.6 is 11.3 Å². The van der Waals surface area contributed by atoms with Gasteiger partial charge in [0.2, 0.25) is 5.71 Å². The lowest BCUT2D eigenvalue weighted by Crippen LogP contribution is -2.17. The van der Waals surface area contributed by atoms with Gasteiger partial charge in [-0.2, -0.15) is 0 Å². The van der Waals surface area contributed by atoms with Gasteiger partial charge in [0.25, 0.3) is 0 Å². The standard InChI is InChI=1S/C18H20N4O2S/c1-10-8-19-13(25-10)5-4-12(23)14-11(2)24-17-15(14)16(20-9-21-17)22-18(3)6-7-18/h8-9H,4-7H2,1-3H3,(H,20,21,22). The van der Waals surface area contributed by atoms with Crippen LogP contribution < -0.4 is 5.32 Å². The molecule has 4 rings (SSSR count). The lowest BCUT2D eigenvalue weighted by atomic mass is 10.0. The van der Waals surface area contributed by atoms with Crippen molar-refractivity contribution in [3.8, 4) is 0 Å². The molecule has 6 nitrogen and oxygen atoms in total. The van der Waals surface area contributed by atoms with Gasteiger partial charge in [0.1, 0.15) is 17.9 Å². The SMILES string of the molecule is Cc1cnc(CCC(=O)c2c(C)oc3ncnc(NC4(C)CC4)c23)s1. The van der Waals surface area contributed by atoms with Crippen molar-refractivity contribution in [3.05, 3.63) is 33.7 Å². The van der Waals surface area contributed by atoms with E-state index in [1.807, 2.05) is 20.0 Å². The number of carbonyl (C=O) groups excluding carboxylic acids is 1. The minimum absolute atomic E-state index is 0.0444. The summed E-state index contributed by atoms with van der Waals surface area (Å²) in [6.45, 7) is 5.98. The second kappa shape index (κ2) is 5.91. The number of ketones is 1. The van der Waals surface area contributed by atoms with E-state index in [2.05, 4.69) is 27.2 Å². The van der Waals surface area contributed by atoms with Crippen LogP contribution in [-0.2, 0) is 6.42 Å².